The highest BCUT2D eigenvalue weighted by Crippen LogP contribution is 2.21. The van der Waals surface area contributed by atoms with Gasteiger partial charge in [0.05, 0.1) is 12.1 Å². The molecular weight excluding hydrogens is 344 g/mol. The monoisotopic (exact) mass is 366 g/mol. The average molecular weight is 366 g/mol. The van der Waals surface area contributed by atoms with E-state index in [0.29, 0.717) is 6.54 Å². The first-order valence-corrected chi connectivity index (χ1v) is 8.67. The normalized spacial score (nSPS) is 11.7. The first-order valence-electron chi connectivity index (χ1n) is 8.67. The van der Waals surface area contributed by atoms with Crippen molar-refractivity contribution in [2.75, 3.05) is 0 Å². The number of ketones is 1. The van der Waals surface area contributed by atoms with Crippen LogP contribution in [0.2, 0.25) is 0 Å². The van der Waals surface area contributed by atoms with Crippen LogP contribution in [0.5, 0.6) is 5.75 Å². The second-order valence-electron chi connectivity index (χ2n) is 7.78. The summed E-state index contributed by atoms with van der Waals surface area (Å²) in [5, 5.41) is 10.4. The van der Waals surface area contributed by atoms with Gasteiger partial charge < -0.3 is 14.1 Å². The van der Waals surface area contributed by atoms with E-state index in [1.807, 2.05) is 31.2 Å². The number of Topliss-reactive ketones (excluding diaryl/α,β-unsaturated/α-hetero) is 1. The van der Waals surface area contributed by atoms with Gasteiger partial charge >= 0.3 is 0 Å². The fraction of sp³-hybridized carbons (Fsp3) is 0.286. The van der Waals surface area contributed by atoms with Crippen LogP contribution >= 0.6 is 0 Å². The number of carbonyl (C=O) groups excluding carboxylic acids is 1. The molecule has 0 unspecified atom stereocenters. The van der Waals surface area contributed by atoms with E-state index in [1.165, 1.54) is 15.2 Å². The summed E-state index contributed by atoms with van der Waals surface area (Å²) in [6.07, 6.45) is 4.46. The van der Waals surface area contributed by atoms with Crippen LogP contribution in [0.25, 0.3) is 5.52 Å². The summed E-state index contributed by atoms with van der Waals surface area (Å²) in [6, 6.07) is 7.74. The highest BCUT2D eigenvalue weighted by molar-refractivity contribution is 6.00. The number of fused-ring (bicyclic) bond motifs is 1. The van der Waals surface area contributed by atoms with Gasteiger partial charge in [-0.2, -0.15) is 0 Å². The predicted octanol–water partition coefficient (Wildman–Crippen LogP) is 2.75. The van der Waals surface area contributed by atoms with Crippen molar-refractivity contribution in [3.8, 4) is 5.75 Å². The predicted molar refractivity (Wildman–Crippen MR) is 104 cm³/mol. The number of aromatic hydroxyl groups is 1. The molecule has 3 rings (SSSR count). The molecule has 6 heteroatoms. The van der Waals surface area contributed by atoms with Crippen LogP contribution in [0.4, 0.5) is 0 Å². The molecule has 0 amide bonds. The SMILES string of the molecule is Cc1cccc(Cn2ccn3cc(C(=O)C(C)(C)C)c(=O)c(O)c3c2=O)c1. The summed E-state index contributed by atoms with van der Waals surface area (Å²) >= 11 is 0. The van der Waals surface area contributed by atoms with Crippen molar-refractivity contribution in [3.05, 3.63) is 80.1 Å². The molecule has 0 spiro atoms. The van der Waals surface area contributed by atoms with Crippen LogP contribution in [-0.2, 0) is 6.54 Å². The number of hydrogen-bond acceptors (Lipinski definition) is 4. The van der Waals surface area contributed by atoms with E-state index in [-0.39, 0.29) is 16.9 Å². The minimum Gasteiger partial charge on any atom is -0.503 e. The van der Waals surface area contributed by atoms with E-state index in [4.69, 9.17) is 0 Å². The van der Waals surface area contributed by atoms with Crippen molar-refractivity contribution < 1.29 is 9.90 Å². The third kappa shape index (κ3) is 3.43. The summed E-state index contributed by atoms with van der Waals surface area (Å²) < 4.78 is 2.76. The van der Waals surface area contributed by atoms with Gasteiger partial charge in [-0.05, 0) is 12.5 Å². The number of pyridine rings is 1. The number of rotatable bonds is 3. The molecule has 0 aliphatic heterocycles. The highest BCUT2D eigenvalue weighted by atomic mass is 16.3. The number of benzene rings is 1. The Bertz CT molecular complexity index is 1160. The number of carbonyl (C=O) groups is 1. The first-order chi connectivity index (χ1) is 12.6. The zero-order valence-electron chi connectivity index (χ0n) is 15.8. The standard InChI is InChI=1S/C21H22N2O4/c1-13-6-5-7-14(10-13)11-23-9-8-22-12-15(19(26)21(2,3)4)17(24)18(25)16(22)20(23)27/h5-10,12,25H,11H2,1-4H3. The Morgan fingerprint density at radius 1 is 1.15 bits per heavy atom. The Balaban J connectivity index is 2.17. The largest absolute Gasteiger partial charge is 0.503 e. The summed E-state index contributed by atoms with van der Waals surface area (Å²) in [6.45, 7) is 7.36. The van der Waals surface area contributed by atoms with Crippen molar-refractivity contribution >= 4 is 11.3 Å². The van der Waals surface area contributed by atoms with E-state index < -0.39 is 22.2 Å². The molecule has 3 aromatic rings. The van der Waals surface area contributed by atoms with Gasteiger partial charge in [-0.15, -0.1) is 0 Å². The molecule has 2 heterocycles. The van der Waals surface area contributed by atoms with E-state index in [9.17, 15) is 19.5 Å². The van der Waals surface area contributed by atoms with Crippen molar-refractivity contribution in [3.63, 3.8) is 0 Å². The van der Waals surface area contributed by atoms with Gasteiger partial charge in [-0.3, -0.25) is 14.4 Å². The Kier molecular flexibility index (Phi) is 4.51. The van der Waals surface area contributed by atoms with Crippen LogP contribution < -0.4 is 11.0 Å². The van der Waals surface area contributed by atoms with Gasteiger partial charge in [-0.25, -0.2) is 0 Å². The fourth-order valence-electron chi connectivity index (χ4n) is 3.00. The molecule has 1 N–H and O–H groups in total. The molecule has 0 fully saturated rings. The molecule has 0 saturated carbocycles. The number of aryl methyl sites for hydroxylation is 1. The molecule has 6 nitrogen and oxygen atoms in total. The van der Waals surface area contributed by atoms with Gasteiger partial charge in [0.25, 0.3) is 5.56 Å². The maximum absolute atomic E-state index is 12.8. The molecule has 0 aliphatic carbocycles. The number of nitrogens with zero attached hydrogens (tertiary/aromatic N) is 2. The fourth-order valence-corrected chi connectivity index (χ4v) is 3.00. The molecule has 0 saturated heterocycles. The van der Waals surface area contributed by atoms with Gasteiger partial charge in [-0.1, -0.05) is 50.6 Å². The third-order valence-corrected chi connectivity index (χ3v) is 4.44. The Labute approximate surface area is 156 Å². The van der Waals surface area contributed by atoms with Crippen molar-refractivity contribution in [2.45, 2.75) is 34.2 Å². The van der Waals surface area contributed by atoms with E-state index >= 15 is 0 Å². The van der Waals surface area contributed by atoms with E-state index in [0.717, 1.165) is 11.1 Å². The molecule has 140 valence electrons. The molecule has 0 atom stereocenters. The third-order valence-electron chi connectivity index (χ3n) is 4.44. The maximum atomic E-state index is 12.8. The maximum Gasteiger partial charge on any atom is 0.279 e. The second-order valence-corrected chi connectivity index (χ2v) is 7.78. The Morgan fingerprint density at radius 3 is 2.48 bits per heavy atom. The van der Waals surface area contributed by atoms with Crippen LogP contribution in [-0.4, -0.2) is 19.9 Å². The van der Waals surface area contributed by atoms with Gasteiger partial charge in [0.2, 0.25) is 5.43 Å². The minimum atomic E-state index is -0.819. The zero-order valence-corrected chi connectivity index (χ0v) is 15.8. The number of aromatic nitrogens is 2. The van der Waals surface area contributed by atoms with Crippen molar-refractivity contribution in [2.24, 2.45) is 5.41 Å². The van der Waals surface area contributed by atoms with Crippen LogP contribution in [0, 0.1) is 12.3 Å². The van der Waals surface area contributed by atoms with Crippen molar-refractivity contribution in [1.82, 2.24) is 8.97 Å². The quantitative estimate of drug-likeness (QED) is 0.723. The van der Waals surface area contributed by atoms with Crippen LogP contribution in [0.1, 0.15) is 42.3 Å². The minimum absolute atomic E-state index is 0.131. The summed E-state index contributed by atoms with van der Waals surface area (Å²) in [7, 11) is 0. The number of hydrogen-bond donors (Lipinski definition) is 1. The van der Waals surface area contributed by atoms with Gasteiger partial charge in [0.15, 0.2) is 17.0 Å². The first kappa shape index (κ1) is 18.6. The molecule has 0 bridgehead atoms. The average Bonchev–Trinajstić information content (AvgIpc) is 2.59. The van der Waals surface area contributed by atoms with E-state index in [2.05, 4.69) is 0 Å². The topological polar surface area (TPSA) is 80.8 Å². The lowest BCUT2D eigenvalue weighted by Gasteiger charge is -2.17. The molecular formula is C21H22N2O4. The zero-order chi connectivity index (χ0) is 19.9. The smallest absolute Gasteiger partial charge is 0.279 e. The summed E-state index contributed by atoms with van der Waals surface area (Å²) in [5.41, 5.74) is -0.355. The molecule has 0 aliphatic rings. The second kappa shape index (κ2) is 6.54. The van der Waals surface area contributed by atoms with Crippen LogP contribution in [0.15, 0.2) is 52.4 Å². The summed E-state index contributed by atoms with van der Waals surface area (Å²) in [5.74, 6) is -1.09. The Morgan fingerprint density at radius 2 is 1.85 bits per heavy atom. The lowest BCUT2D eigenvalue weighted by Crippen LogP contribution is -2.29. The summed E-state index contributed by atoms with van der Waals surface area (Å²) in [4.78, 5) is 37.8. The van der Waals surface area contributed by atoms with Gasteiger partial charge in [0, 0.05) is 24.0 Å². The van der Waals surface area contributed by atoms with Gasteiger partial charge in [0.1, 0.15) is 0 Å². The highest BCUT2D eigenvalue weighted by Gasteiger charge is 2.27. The lowest BCUT2D eigenvalue weighted by atomic mass is 9.87. The molecule has 2 aromatic heterocycles. The Hall–Kier alpha value is -3.15. The van der Waals surface area contributed by atoms with Crippen LogP contribution in [0.3, 0.4) is 0 Å². The van der Waals surface area contributed by atoms with Crippen molar-refractivity contribution in [1.29, 1.82) is 0 Å². The molecule has 0 radical (unpaired) electrons. The molecule has 1 aromatic carbocycles. The van der Waals surface area contributed by atoms with E-state index in [1.54, 1.807) is 33.2 Å². The lowest BCUT2D eigenvalue weighted by molar-refractivity contribution is 0.0856. The molecule has 27 heavy (non-hydrogen) atoms.